The summed E-state index contributed by atoms with van der Waals surface area (Å²) in [5.41, 5.74) is 9.08. The van der Waals surface area contributed by atoms with Crippen LogP contribution >= 0.6 is 11.6 Å². The fraction of sp³-hybridized carbons (Fsp3) is 0.333. The van der Waals surface area contributed by atoms with Crippen molar-refractivity contribution in [3.63, 3.8) is 0 Å². The number of halogens is 1. The summed E-state index contributed by atoms with van der Waals surface area (Å²) in [5.74, 6) is 0. The highest BCUT2D eigenvalue weighted by molar-refractivity contribution is 6.31. The average Bonchev–Trinajstić information content (AvgIpc) is 2.55. The van der Waals surface area contributed by atoms with Crippen molar-refractivity contribution in [2.45, 2.75) is 25.6 Å². The minimum absolute atomic E-state index is 0.289. The maximum Gasteiger partial charge on any atom is 0.0735 e. The van der Waals surface area contributed by atoms with E-state index in [2.05, 4.69) is 11.0 Å². The second-order valence-electron chi connectivity index (χ2n) is 5.65. The number of piperidine rings is 1. The van der Waals surface area contributed by atoms with E-state index >= 15 is 0 Å². The van der Waals surface area contributed by atoms with E-state index in [4.69, 9.17) is 22.1 Å². The molecule has 3 rings (SSSR count). The lowest BCUT2D eigenvalue weighted by Gasteiger charge is -2.34. The first-order valence-corrected chi connectivity index (χ1v) is 8.06. The lowest BCUT2D eigenvalue weighted by molar-refractivity contribution is 0.0252. The number of nitrogens with zero attached hydrogens (tertiary/aromatic N) is 1. The number of nitrogen functional groups attached to an aromatic ring is 1. The zero-order valence-corrected chi connectivity index (χ0v) is 13.3. The Labute approximate surface area is 136 Å². The van der Waals surface area contributed by atoms with E-state index in [9.17, 15) is 0 Å². The number of ether oxygens (including phenoxy) is 1. The lowest BCUT2D eigenvalue weighted by Crippen LogP contribution is -2.37. The van der Waals surface area contributed by atoms with E-state index in [1.165, 1.54) is 0 Å². The standard InChI is InChI=1S/C18H21ClN2O/c19-16-6-2-1-5-14(16)13-22-15-9-11-21(12-10-15)18-8-4-3-7-17(18)20/h1-8,15H,9-13,20H2. The van der Waals surface area contributed by atoms with Crippen LogP contribution in [0, 0.1) is 0 Å². The molecule has 2 N–H and O–H groups in total. The third-order valence-electron chi connectivity index (χ3n) is 4.15. The number of anilines is 2. The van der Waals surface area contributed by atoms with Gasteiger partial charge in [0.2, 0.25) is 0 Å². The molecule has 1 aliphatic heterocycles. The van der Waals surface area contributed by atoms with Gasteiger partial charge in [0.25, 0.3) is 0 Å². The van der Waals surface area contributed by atoms with Gasteiger partial charge in [0.05, 0.1) is 24.1 Å². The highest BCUT2D eigenvalue weighted by Gasteiger charge is 2.21. The van der Waals surface area contributed by atoms with Crippen molar-refractivity contribution in [3.8, 4) is 0 Å². The zero-order chi connectivity index (χ0) is 15.4. The molecular formula is C18H21ClN2O. The van der Waals surface area contributed by atoms with Crippen LogP contribution in [0.25, 0.3) is 0 Å². The summed E-state index contributed by atoms with van der Waals surface area (Å²) >= 11 is 6.16. The topological polar surface area (TPSA) is 38.5 Å². The predicted octanol–water partition coefficient (Wildman–Crippen LogP) is 4.11. The first-order chi connectivity index (χ1) is 10.7. The van der Waals surface area contributed by atoms with Crippen molar-refractivity contribution in [1.29, 1.82) is 0 Å². The molecule has 116 valence electrons. The van der Waals surface area contributed by atoms with Crippen molar-refractivity contribution in [2.75, 3.05) is 23.7 Å². The molecule has 0 saturated carbocycles. The van der Waals surface area contributed by atoms with E-state index in [-0.39, 0.29) is 6.10 Å². The van der Waals surface area contributed by atoms with Crippen LogP contribution in [0.5, 0.6) is 0 Å². The largest absolute Gasteiger partial charge is 0.397 e. The molecule has 0 aliphatic carbocycles. The van der Waals surface area contributed by atoms with Crippen LogP contribution in [0.3, 0.4) is 0 Å². The number of nitrogens with two attached hydrogens (primary N) is 1. The molecule has 0 atom stereocenters. The summed E-state index contributed by atoms with van der Waals surface area (Å²) in [4.78, 5) is 2.34. The molecule has 0 radical (unpaired) electrons. The molecule has 1 heterocycles. The lowest BCUT2D eigenvalue weighted by atomic mass is 10.1. The summed E-state index contributed by atoms with van der Waals surface area (Å²) in [6, 6.07) is 15.9. The van der Waals surface area contributed by atoms with Crippen LogP contribution in [0.15, 0.2) is 48.5 Å². The molecule has 0 amide bonds. The Morgan fingerprint density at radius 1 is 1.05 bits per heavy atom. The van der Waals surface area contributed by atoms with Gasteiger partial charge in [-0.25, -0.2) is 0 Å². The SMILES string of the molecule is Nc1ccccc1N1CCC(OCc2ccccc2Cl)CC1. The monoisotopic (exact) mass is 316 g/mol. The minimum atomic E-state index is 0.289. The Morgan fingerprint density at radius 2 is 1.73 bits per heavy atom. The maximum absolute atomic E-state index is 6.16. The third-order valence-corrected chi connectivity index (χ3v) is 4.52. The van der Waals surface area contributed by atoms with Crippen molar-refractivity contribution < 1.29 is 4.74 Å². The molecule has 1 fully saturated rings. The predicted molar refractivity (Wildman–Crippen MR) is 92.3 cm³/mol. The van der Waals surface area contributed by atoms with E-state index in [1.807, 2.05) is 42.5 Å². The minimum Gasteiger partial charge on any atom is -0.397 e. The Balaban J connectivity index is 1.52. The third kappa shape index (κ3) is 3.54. The van der Waals surface area contributed by atoms with Crippen LogP contribution in [-0.2, 0) is 11.3 Å². The normalized spacial score (nSPS) is 16.0. The maximum atomic E-state index is 6.16. The van der Waals surface area contributed by atoms with E-state index in [0.717, 1.165) is 47.9 Å². The van der Waals surface area contributed by atoms with Gasteiger partial charge in [-0.05, 0) is 36.6 Å². The Hall–Kier alpha value is -1.71. The fourth-order valence-corrected chi connectivity index (χ4v) is 3.05. The van der Waals surface area contributed by atoms with Gasteiger partial charge in [0.15, 0.2) is 0 Å². The highest BCUT2D eigenvalue weighted by atomic mass is 35.5. The van der Waals surface area contributed by atoms with E-state index in [0.29, 0.717) is 6.61 Å². The molecule has 2 aromatic rings. The Bertz CT molecular complexity index is 624. The summed E-state index contributed by atoms with van der Waals surface area (Å²) < 4.78 is 6.02. The average molecular weight is 317 g/mol. The molecule has 3 nitrogen and oxygen atoms in total. The van der Waals surface area contributed by atoms with Gasteiger partial charge in [0.1, 0.15) is 0 Å². The molecule has 0 aromatic heterocycles. The van der Waals surface area contributed by atoms with Crippen molar-refractivity contribution in [2.24, 2.45) is 0 Å². The van der Waals surface area contributed by atoms with Gasteiger partial charge in [0, 0.05) is 18.1 Å². The first-order valence-electron chi connectivity index (χ1n) is 7.68. The molecule has 1 aliphatic rings. The molecule has 0 unspecified atom stereocenters. The summed E-state index contributed by atoms with van der Waals surface area (Å²) in [5, 5.41) is 0.775. The quantitative estimate of drug-likeness (QED) is 0.863. The molecule has 2 aromatic carbocycles. The van der Waals surface area contributed by atoms with Crippen LogP contribution in [0.4, 0.5) is 11.4 Å². The van der Waals surface area contributed by atoms with Crippen LogP contribution < -0.4 is 10.6 Å². The second kappa shape index (κ2) is 7.03. The molecule has 22 heavy (non-hydrogen) atoms. The number of rotatable bonds is 4. The van der Waals surface area contributed by atoms with Crippen LogP contribution in [0.2, 0.25) is 5.02 Å². The number of hydrogen-bond acceptors (Lipinski definition) is 3. The van der Waals surface area contributed by atoms with Gasteiger partial charge in [-0.1, -0.05) is 41.9 Å². The van der Waals surface area contributed by atoms with Gasteiger partial charge in [-0.15, -0.1) is 0 Å². The van der Waals surface area contributed by atoms with Crippen LogP contribution in [-0.4, -0.2) is 19.2 Å². The number of hydrogen-bond donors (Lipinski definition) is 1. The van der Waals surface area contributed by atoms with E-state index < -0.39 is 0 Å². The Morgan fingerprint density at radius 3 is 2.45 bits per heavy atom. The van der Waals surface area contributed by atoms with Crippen molar-refractivity contribution in [3.05, 3.63) is 59.1 Å². The van der Waals surface area contributed by atoms with Crippen LogP contribution in [0.1, 0.15) is 18.4 Å². The van der Waals surface area contributed by atoms with Crippen molar-refractivity contribution in [1.82, 2.24) is 0 Å². The number of benzene rings is 2. The summed E-state index contributed by atoms with van der Waals surface area (Å²) in [6.07, 6.45) is 2.31. The van der Waals surface area contributed by atoms with Gasteiger partial charge in [-0.3, -0.25) is 0 Å². The summed E-state index contributed by atoms with van der Waals surface area (Å²) in [7, 11) is 0. The van der Waals surface area contributed by atoms with Gasteiger partial charge < -0.3 is 15.4 Å². The van der Waals surface area contributed by atoms with Gasteiger partial charge >= 0.3 is 0 Å². The zero-order valence-electron chi connectivity index (χ0n) is 12.5. The molecule has 0 spiro atoms. The fourth-order valence-electron chi connectivity index (χ4n) is 2.86. The second-order valence-corrected chi connectivity index (χ2v) is 6.05. The molecule has 1 saturated heterocycles. The summed E-state index contributed by atoms with van der Waals surface area (Å²) in [6.45, 7) is 2.53. The molecule has 0 bridgehead atoms. The van der Waals surface area contributed by atoms with Crippen molar-refractivity contribution >= 4 is 23.0 Å². The number of para-hydroxylation sites is 2. The van der Waals surface area contributed by atoms with E-state index in [1.54, 1.807) is 0 Å². The first kappa shape index (κ1) is 15.2. The van der Waals surface area contributed by atoms with Gasteiger partial charge in [-0.2, -0.15) is 0 Å². The molecule has 4 heteroatoms. The smallest absolute Gasteiger partial charge is 0.0735 e. The Kier molecular flexibility index (Phi) is 4.86. The highest BCUT2D eigenvalue weighted by Crippen LogP contribution is 2.27. The molecular weight excluding hydrogens is 296 g/mol.